The third-order valence-electron chi connectivity index (χ3n) is 4.55. The highest BCUT2D eigenvalue weighted by Gasteiger charge is 2.15. The highest BCUT2D eigenvalue weighted by Crippen LogP contribution is 2.14. The molecule has 0 aromatic carbocycles. The first-order chi connectivity index (χ1) is 13.5. The van der Waals surface area contributed by atoms with Gasteiger partial charge in [0.25, 0.3) is 0 Å². The van der Waals surface area contributed by atoms with Crippen LogP contribution in [-0.4, -0.2) is 71.3 Å². The van der Waals surface area contributed by atoms with Gasteiger partial charge in [-0.1, -0.05) is 13.8 Å². The van der Waals surface area contributed by atoms with Gasteiger partial charge in [0.05, 0.1) is 6.61 Å². The molecule has 1 unspecified atom stereocenters. The smallest absolute Gasteiger partial charge is 0.407 e. The maximum absolute atomic E-state index is 11.7. The van der Waals surface area contributed by atoms with E-state index < -0.39 is 0 Å². The van der Waals surface area contributed by atoms with Crippen LogP contribution in [0.25, 0.3) is 0 Å². The van der Waals surface area contributed by atoms with Crippen LogP contribution < -0.4 is 16.0 Å². The Labute approximate surface area is 193 Å². The van der Waals surface area contributed by atoms with Crippen LogP contribution in [0.2, 0.25) is 0 Å². The summed E-state index contributed by atoms with van der Waals surface area (Å²) in [6.45, 7) is 11.1. The van der Waals surface area contributed by atoms with Crippen molar-refractivity contribution >= 4 is 36.0 Å². The molecule has 0 aromatic rings. The summed E-state index contributed by atoms with van der Waals surface area (Å²) in [6, 6.07) is -0.0135. The van der Waals surface area contributed by atoms with Gasteiger partial charge in [0.15, 0.2) is 5.96 Å². The van der Waals surface area contributed by atoms with Crippen LogP contribution in [0.5, 0.6) is 0 Å². The van der Waals surface area contributed by atoms with Crippen LogP contribution in [0.15, 0.2) is 4.99 Å². The van der Waals surface area contributed by atoms with Crippen molar-refractivity contribution in [2.75, 3.05) is 53.2 Å². The number of rotatable bonds is 12. The molecule has 1 amide bonds. The second kappa shape index (κ2) is 18.0. The molecular weight excluding hydrogens is 487 g/mol. The van der Waals surface area contributed by atoms with E-state index in [0.29, 0.717) is 25.0 Å². The first-order valence-corrected chi connectivity index (χ1v) is 10.6. The van der Waals surface area contributed by atoms with E-state index in [-0.39, 0.29) is 36.1 Å². The Hall–Kier alpha value is -0.810. The van der Waals surface area contributed by atoms with E-state index in [0.717, 1.165) is 64.6 Å². The molecule has 8 nitrogen and oxygen atoms in total. The largest absolute Gasteiger partial charge is 0.450 e. The van der Waals surface area contributed by atoms with Gasteiger partial charge >= 0.3 is 6.09 Å². The average molecular weight is 528 g/mol. The fourth-order valence-electron chi connectivity index (χ4n) is 3.09. The molecule has 1 rings (SSSR count). The lowest BCUT2D eigenvalue weighted by Crippen LogP contribution is -2.47. The lowest BCUT2D eigenvalue weighted by Gasteiger charge is -2.22. The van der Waals surface area contributed by atoms with Gasteiger partial charge in [-0.25, -0.2) is 4.79 Å². The molecule has 0 aliphatic carbocycles. The number of aliphatic imine (C=N–C) groups is 1. The van der Waals surface area contributed by atoms with Crippen molar-refractivity contribution in [2.24, 2.45) is 16.8 Å². The van der Waals surface area contributed by atoms with Crippen LogP contribution in [0, 0.1) is 11.8 Å². The first kappa shape index (κ1) is 28.2. The number of ether oxygens (including phenoxy) is 3. The van der Waals surface area contributed by atoms with Gasteiger partial charge in [-0.2, -0.15) is 0 Å². The molecule has 0 aromatic heterocycles. The van der Waals surface area contributed by atoms with Crippen molar-refractivity contribution in [1.29, 1.82) is 0 Å². The number of guanidine groups is 1. The van der Waals surface area contributed by atoms with E-state index in [9.17, 15) is 4.79 Å². The molecule has 1 aliphatic heterocycles. The SMILES string of the molecule is CCOC(=O)NC(CNC(=NC)NCCCOCC1CCOCC1)CC(C)C.I. The lowest BCUT2D eigenvalue weighted by molar-refractivity contribution is 0.0203. The van der Waals surface area contributed by atoms with Crippen molar-refractivity contribution in [2.45, 2.75) is 52.5 Å². The zero-order valence-corrected chi connectivity index (χ0v) is 20.8. The number of amides is 1. The molecule has 0 radical (unpaired) electrons. The van der Waals surface area contributed by atoms with E-state index in [1.54, 1.807) is 14.0 Å². The van der Waals surface area contributed by atoms with E-state index in [2.05, 4.69) is 34.8 Å². The molecular formula is C20H41IN4O4. The van der Waals surface area contributed by atoms with Gasteiger partial charge in [-0.3, -0.25) is 4.99 Å². The lowest BCUT2D eigenvalue weighted by atomic mass is 10.0. The Morgan fingerprint density at radius 3 is 2.59 bits per heavy atom. The van der Waals surface area contributed by atoms with E-state index in [4.69, 9.17) is 14.2 Å². The van der Waals surface area contributed by atoms with Gasteiger partial charge < -0.3 is 30.2 Å². The summed E-state index contributed by atoms with van der Waals surface area (Å²) in [7, 11) is 1.74. The maximum atomic E-state index is 11.7. The summed E-state index contributed by atoms with van der Waals surface area (Å²) in [6.07, 6.45) is 3.61. The van der Waals surface area contributed by atoms with Gasteiger partial charge in [-0.05, 0) is 44.4 Å². The van der Waals surface area contributed by atoms with Crippen molar-refractivity contribution in [3.63, 3.8) is 0 Å². The van der Waals surface area contributed by atoms with Gasteiger partial charge in [0, 0.05) is 52.6 Å². The number of nitrogens with one attached hydrogen (secondary N) is 3. The normalized spacial score (nSPS) is 16.1. The number of carbonyl (C=O) groups excluding carboxylic acids is 1. The monoisotopic (exact) mass is 528 g/mol. The van der Waals surface area contributed by atoms with Crippen LogP contribution in [0.3, 0.4) is 0 Å². The number of carbonyl (C=O) groups is 1. The minimum Gasteiger partial charge on any atom is -0.450 e. The van der Waals surface area contributed by atoms with Crippen molar-refractivity contribution in [3.05, 3.63) is 0 Å². The molecule has 9 heteroatoms. The zero-order valence-electron chi connectivity index (χ0n) is 18.5. The Morgan fingerprint density at radius 1 is 1.24 bits per heavy atom. The van der Waals surface area contributed by atoms with E-state index >= 15 is 0 Å². The Kier molecular flexibility index (Phi) is 17.5. The molecule has 1 aliphatic rings. The number of alkyl carbamates (subject to hydrolysis) is 1. The fraction of sp³-hybridized carbons (Fsp3) is 0.900. The average Bonchev–Trinajstić information content (AvgIpc) is 2.67. The predicted octanol–water partition coefficient (Wildman–Crippen LogP) is 2.76. The third-order valence-corrected chi connectivity index (χ3v) is 4.55. The van der Waals surface area contributed by atoms with Crippen LogP contribution in [0.1, 0.15) is 46.5 Å². The van der Waals surface area contributed by atoms with Gasteiger partial charge in [0.2, 0.25) is 0 Å². The molecule has 0 bridgehead atoms. The van der Waals surface area contributed by atoms with E-state index in [1.165, 1.54) is 0 Å². The van der Waals surface area contributed by atoms with Gasteiger partial charge in [0.1, 0.15) is 0 Å². The summed E-state index contributed by atoms with van der Waals surface area (Å²) >= 11 is 0. The molecule has 29 heavy (non-hydrogen) atoms. The number of nitrogens with zero attached hydrogens (tertiary/aromatic N) is 1. The minimum atomic E-state index is -0.375. The molecule has 172 valence electrons. The summed E-state index contributed by atoms with van der Waals surface area (Å²) in [5.41, 5.74) is 0. The van der Waals surface area contributed by atoms with Crippen molar-refractivity contribution in [1.82, 2.24) is 16.0 Å². The summed E-state index contributed by atoms with van der Waals surface area (Å²) in [4.78, 5) is 15.9. The minimum absolute atomic E-state index is 0. The Balaban J connectivity index is 0.00000784. The highest BCUT2D eigenvalue weighted by atomic mass is 127. The summed E-state index contributed by atoms with van der Waals surface area (Å²) in [5, 5.41) is 9.48. The molecule has 1 atom stereocenters. The summed E-state index contributed by atoms with van der Waals surface area (Å²) < 4.78 is 16.1. The quantitative estimate of drug-likeness (QED) is 0.156. The number of halogens is 1. The molecule has 1 fully saturated rings. The van der Waals surface area contributed by atoms with E-state index in [1.807, 2.05) is 0 Å². The fourth-order valence-corrected chi connectivity index (χ4v) is 3.09. The van der Waals surface area contributed by atoms with Crippen LogP contribution in [-0.2, 0) is 14.2 Å². The Bertz CT molecular complexity index is 446. The number of hydrogen-bond acceptors (Lipinski definition) is 5. The zero-order chi connectivity index (χ0) is 20.6. The predicted molar refractivity (Wildman–Crippen MR) is 127 cm³/mol. The van der Waals surface area contributed by atoms with Crippen molar-refractivity contribution < 1.29 is 19.0 Å². The first-order valence-electron chi connectivity index (χ1n) is 10.6. The second-order valence-electron chi connectivity index (χ2n) is 7.56. The Morgan fingerprint density at radius 2 is 1.97 bits per heavy atom. The highest BCUT2D eigenvalue weighted by molar-refractivity contribution is 14.0. The molecule has 1 heterocycles. The van der Waals surface area contributed by atoms with Crippen LogP contribution >= 0.6 is 24.0 Å². The van der Waals surface area contributed by atoms with Crippen LogP contribution in [0.4, 0.5) is 4.79 Å². The summed E-state index contributed by atoms with van der Waals surface area (Å²) in [5.74, 6) is 1.83. The topological polar surface area (TPSA) is 93.2 Å². The second-order valence-corrected chi connectivity index (χ2v) is 7.56. The van der Waals surface area contributed by atoms with Gasteiger partial charge in [-0.15, -0.1) is 24.0 Å². The third kappa shape index (κ3) is 14.8. The number of hydrogen-bond donors (Lipinski definition) is 3. The molecule has 0 saturated carbocycles. The van der Waals surface area contributed by atoms with Crippen molar-refractivity contribution in [3.8, 4) is 0 Å². The maximum Gasteiger partial charge on any atom is 0.407 e. The standard InChI is InChI=1S/C20H40N4O4.HI/c1-5-28-20(25)24-18(13-16(2)3)14-23-19(21-4)22-9-6-10-27-15-17-7-11-26-12-8-17;/h16-18H,5-15H2,1-4H3,(H,24,25)(H2,21,22,23);1H. The molecule has 1 saturated heterocycles. The molecule has 0 spiro atoms. The molecule has 3 N–H and O–H groups in total.